The van der Waals surface area contributed by atoms with Crippen molar-refractivity contribution in [2.24, 2.45) is 0 Å². The van der Waals surface area contributed by atoms with Gasteiger partial charge in [0, 0.05) is 28.8 Å². The minimum Gasteiger partial charge on any atom is -0.508 e. The first-order valence-electron chi connectivity index (χ1n) is 7.24. The Hall–Kier alpha value is -2.35. The Balaban J connectivity index is 2.30. The van der Waals surface area contributed by atoms with Crippen molar-refractivity contribution >= 4 is 23.2 Å². The molecule has 0 fully saturated rings. The molecular weight excluding hydrogens is 381 g/mol. The van der Waals surface area contributed by atoms with E-state index in [0.29, 0.717) is 19.1 Å². The molecule has 0 aliphatic carbocycles. The van der Waals surface area contributed by atoms with Gasteiger partial charge in [0.15, 0.2) is 0 Å². The quantitative estimate of drug-likeness (QED) is 0.687. The number of phenols is 1. The summed E-state index contributed by atoms with van der Waals surface area (Å²) in [7, 11) is 0. The Kier molecular flexibility index (Phi) is 5.46. The van der Waals surface area contributed by atoms with Crippen LogP contribution in [-0.2, 0) is 23.3 Å². The molecule has 0 atom stereocenters. The largest absolute Gasteiger partial charge is 0.508 e. The molecule has 0 bridgehead atoms. The Morgan fingerprint density at radius 1 is 1.08 bits per heavy atom. The summed E-state index contributed by atoms with van der Waals surface area (Å²) < 4.78 is 65.7. The van der Waals surface area contributed by atoms with Gasteiger partial charge in [-0.2, -0.15) is 13.2 Å². The molecule has 2 aromatic rings. The Bertz CT molecular complexity index is 799. The predicted octanol–water partition coefficient (Wildman–Crippen LogP) is 5.36. The van der Waals surface area contributed by atoms with Crippen LogP contribution in [0, 0.1) is 0 Å². The molecule has 0 radical (unpaired) electrons. The van der Waals surface area contributed by atoms with Crippen molar-refractivity contribution in [3.63, 3.8) is 0 Å². The van der Waals surface area contributed by atoms with E-state index in [1.807, 2.05) is 0 Å². The van der Waals surface area contributed by atoms with Crippen molar-refractivity contribution in [1.29, 1.82) is 0 Å². The van der Waals surface area contributed by atoms with Crippen LogP contribution < -0.4 is 5.32 Å². The molecule has 3 nitrogen and oxygen atoms in total. The molecule has 26 heavy (non-hydrogen) atoms. The van der Waals surface area contributed by atoms with E-state index < -0.39 is 41.2 Å². The maximum atomic E-state index is 13.5. The van der Waals surface area contributed by atoms with E-state index >= 15 is 0 Å². The second kappa shape index (κ2) is 7.11. The molecule has 140 valence electrons. The number of anilines is 1. The number of hydrogen-bond donors (Lipinski definition) is 2. The van der Waals surface area contributed by atoms with Gasteiger partial charge in [-0.3, -0.25) is 4.79 Å². The third-order valence-electron chi connectivity index (χ3n) is 3.44. The van der Waals surface area contributed by atoms with Crippen LogP contribution in [0.2, 0.25) is 5.02 Å². The van der Waals surface area contributed by atoms with E-state index in [1.54, 1.807) is 0 Å². The smallest absolute Gasteiger partial charge is 0.416 e. The number of alkyl halides is 5. The number of carbonyl (C=O) groups is 1. The van der Waals surface area contributed by atoms with E-state index in [9.17, 15) is 31.9 Å². The van der Waals surface area contributed by atoms with E-state index in [-0.39, 0.29) is 16.3 Å². The van der Waals surface area contributed by atoms with E-state index in [4.69, 9.17) is 11.6 Å². The lowest BCUT2D eigenvalue weighted by molar-refractivity contribution is -0.137. The van der Waals surface area contributed by atoms with Gasteiger partial charge in [0.1, 0.15) is 5.75 Å². The highest BCUT2D eigenvalue weighted by Crippen LogP contribution is 2.36. The lowest BCUT2D eigenvalue weighted by Crippen LogP contribution is -2.17. The summed E-state index contributed by atoms with van der Waals surface area (Å²) in [6, 6.07) is 5.62. The topological polar surface area (TPSA) is 49.3 Å². The minimum absolute atomic E-state index is 0.142. The van der Waals surface area contributed by atoms with Crippen LogP contribution in [0.3, 0.4) is 0 Å². The lowest BCUT2D eigenvalue weighted by atomic mass is 10.0. The van der Waals surface area contributed by atoms with Crippen molar-refractivity contribution in [1.82, 2.24) is 0 Å². The summed E-state index contributed by atoms with van der Waals surface area (Å²) in [4.78, 5) is 12.0. The fraction of sp³-hybridized carbons (Fsp3) is 0.235. The van der Waals surface area contributed by atoms with E-state index in [0.717, 1.165) is 6.07 Å². The van der Waals surface area contributed by atoms with Crippen LogP contribution >= 0.6 is 11.6 Å². The molecule has 0 saturated carbocycles. The van der Waals surface area contributed by atoms with Gasteiger partial charge in [0.05, 0.1) is 12.0 Å². The normalized spacial score (nSPS) is 12.1. The predicted molar refractivity (Wildman–Crippen MR) is 86.5 cm³/mol. The van der Waals surface area contributed by atoms with Crippen molar-refractivity contribution in [2.45, 2.75) is 25.4 Å². The average Bonchev–Trinajstić information content (AvgIpc) is 2.49. The summed E-state index contributed by atoms with van der Waals surface area (Å²) in [6.45, 7) is 0.456. The zero-order valence-electron chi connectivity index (χ0n) is 13.3. The lowest BCUT2D eigenvalue weighted by Gasteiger charge is -2.16. The highest BCUT2D eigenvalue weighted by atomic mass is 35.5. The van der Waals surface area contributed by atoms with Gasteiger partial charge < -0.3 is 10.4 Å². The van der Waals surface area contributed by atoms with E-state index in [1.165, 1.54) is 18.2 Å². The molecular formula is C17H13ClF5NO2. The van der Waals surface area contributed by atoms with Crippen LogP contribution in [0.1, 0.15) is 23.6 Å². The highest BCUT2D eigenvalue weighted by Gasteiger charge is 2.34. The van der Waals surface area contributed by atoms with Crippen LogP contribution in [0.5, 0.6) is 5.75 Å². The molecule has 0 aliphatic heterocycles. The first-order valence-corrected chi connectivity index (χ1v) is 7.62. The molecule has 1 amide bonds. The number of amides is 1. The number of rotatable bonds is 4. The fourth-order valence-electron chi connectivity index (χ4n) is 2.19. The number of hydrogen-bond acceptors (Lipinski definition) is 2. The summed E-state index contributed by atoms with van der Waals surface area (Å²) in [5, 5.41) is 12.0. The number of carbonyl (C=O) groups excluding carboxylic acids is 1. The first-order chi connectivity index (χ1) is 11.9. The van der Waals surface area contributed by atoms with Gasteiger partial charge in [-0.15, -0.1) is 0 Å². The third kappa shape index (κ3) is 5.08. The van der Waals surface area contributed by atoms with Gasteiger partial charge in [0.25, 0.3) is 5.92 Å². The first kappa shape index (κ1) is 20.0. The maximum Gasteiger partial charge on any atom is 0.416 e. The monoisotopic (exact) mass is 393 g/mol. The van der Waals surface area contributed by atoms with Gasteiger partial charge in [-0.25, -0.2) is 8.78 Å². The van der Waals surface area contributed by atoms with Crippen molar-refractivity contribution < 1.29 is 31.9 Å². The van der Waals surface area contributed by atoms with Gasteiger partial charge in [-0.05, 0) is 36.4 Å². The molecule has 0 aromatic heterocycles. The third-order valence-corrected chi connectivity index (χ3v) is 3.68. The fourth-order valence-corrected chi connectivity index (χ4v) is 2.39. The summed E-state index contributed by atoms with van der Waals surface area (Å²) >= 11 is 5.75. The van der Waals surface area contributed by atoms with Crippen molar-refractivity contribution in [2.75, 3.05) is 5.32 Å². The van der Waals surface area contributed by atoms with Crippen molar-refractivity contribution in [3.05, 3.63) is 58.1 Å². The highest BCUT2D eigenvalue weighted by molar-refractivity contribution is 6.30. The molecule has 2 N–H and O–H groups in total. The molecule has 2 aromatic carbocycles. The molecule has 9 heteroatoms. The SMILES string of the molecule is CC(F)(F)c1cc(NC(=O)Cc2cc(Cl)ccc2O)cc(C(F)(F)F)c1. The maximum absolute atomic E-state index is 13.5. The number of nitrogens with one attached hydrogen (secondary N) is 1. The summed E-state index contributed by atoms with van der Waals surface area (Å²) in [6.07, 6.45) is -5.26. The molecule has 0 spiro atoms. The van der Waals surface area contributed by atoms with Crippen LogP contribution in [0.25, 0.3) is 0 Å². The van der Waals surface area contributed by atoms with Crippen LogP contribution in [0.15, 0.2) is 36.4 Å². The van der Waals surface area contributed by atoms with Crippen LogP contribution in [0.4, 0.5) is 27.6 Å². The zero-order valence-corrected chi connectivity index (χ0v) is 14.1. The zero-order chi connectivity index (χ0) is 19.7. The minimum atomic E-state index is -4.86. The van der Waals surface area contributed by atoms with Crippen LogP contribution in [-0.4, -0.2) is 11.0 Å². The van der Waals surface area contributed by atoms with Gasteiger partial charge >= 0.3 is 6.18 Å². The molecule has 2 rings (SSSR count). The summed E-state index contributed by atoms with van der Waals surface area (Å²) in [5.74, 6) is -4.55. The van der Waals surface area contributed by atoms with E-state index in [2.05, 4.69) is 5.32 Å². The van der Waals surface area contributed by atoms with Crippen molar-refractivity contribution in [3.8, 4) is 5.75 Å². The molecule has 0 saturated heterocycles. The van der Waals surface area contributed by atoms with Gasteiger partial charge in [0.2, 0.25) is 5.91 Å². The second-order valence-electron chi connectivity index (χ2n) is 5.68. The number of halogens is 6. The molecule has 0 aliphatic rings. The Morgan fingerprint density at radius 2 is 1.69 bits per heavy atom. The van der Waals surface area contributed by atoms with Gasteiger partial charge in [-0.1, -0.05) is 11.6 Å². The summed E-state index contributed by atoms with van der Waals surface area (Å²) in [5.41, 5.74) is -2.48. The second-order valence-corrected chi connectivity index (χ2v) is 6.12. The molecule has 0 unspecified atom stereocenters. The average molecular weight is 394 g/mol. The number of phenolic OH excluding ortho intramolecular Hbond substituents is 1. The number of benzene rings is 2. The Morgan fingerprint density at radius 3 is 2.27 bits per heavy atom. The Labute approximate surface area is 150 Å². The molecule has 0 heterocycles. The number of aromatic hydroxyl groups is 1. The standard InChI is InChI=1S/C17H13ClF5NO2/c1-16(19,20)10-6-11(17(21,22)23)8-13(7-10)24-15(26)5-9-4-12(18)2-3-14(9)25/h2-4,6-8,25H,5H2,1H3,(H,24,26).